The van der Waals surface area contributed by atoms with Gasteiger partial charge in [0.25, 0.3) is 0 Å². The molecule has 0 bridgehead atoms. The Labute approximate surface area is 193 Å². The minimum absolute atomic E-state index is 1.35. The fraction of sp³-hybridized carbons (Fsp3) is 1.00. The van der Waals surface area contributed by atoms with Crippen LogP contribution < -0.4 is 0 Å². The van der Waals surface area contributed by atoms with Crippen molar-refractivity contribution in [1.29, 1.82) is 0 Å². The SMILES string of the molecule is CCCCCCCCCCCCCCCCCN(CCCCCC)CCCCCC. The Morgan fingerprint density at radius 2 is 0.467 bits per heavy atom. The minimum atomic E-state index is 1.35. The lowest BCUT2D eigenvalue weighted by Crippen LogP contribution is -2.27. The van der Waals surface area contributed by atoms with Crippen molar-refractivity contribution < 1.29 is 0 Å². The molecule has 0 aliphatic rings. The molecule has 0 spiro atoms. The molecule has 0 aliphatic heterocycles. The van der Waals surface area contributed by atoms with Crippen LogP contribution >= 0.6 is 0 Å². The van der Waals surface area contributed by atoms with Crippen molar-refractivity contribution in [2.45, 2.75) is 168 Å². The second kappa shape index (κ2) is 27.0. The van der Waals surface area contributed by atoms with Crippen LogP contribution in [0.1, 0.15) is 168 Å². The first-order valence-electron chi connectivity index (χ1n) is 14.6. The molecule has 0 saturated carbocycles. The molecule has 1 heteroatoms. The van der Waals surface area contributed by atoms with E-state index >= 15 is 0 Å². The number of hydrogen-bond donors (Lipinski definition) is 0. The molecule has 0 rings (SSSR count). The molecular formula is C29H61N. The summed E-state index contributed by atoms with van der Waals surface area (Å²) in [6.07, 6.45) is 33.2. The van der Waals surface area contributed by atoms with Crippen LogP contribution in [-0.4, -0.2) is 24.5 Å². The molecular weight excluding hydrogens is 362 g/mol. The van der Waals surface area contributed by atoms with Crippen LogP contribution in [-0.2, 0) is 0 Å². The van der Waals surface area contributed by atoms with Gasteiger partial charge in [0.1, 0.15) is 0 Å². The zero-order valence-electron chi connectivity index (χ0n) is 21.8. The van der Waals surface area contributed by atoms with Crippen molar-refractivity contribution in [2.24, 2.45) is 0 Å². The Bertz CT molecular complexity index is 276. The highest BCUT2D eigenvalue weighted by Crippen LogP contribution is 2.14. The van der Waals surface area contributed by atoms with Gasteiger partial charge in [0.2, 0.25) is 0 Å². The van der Waals surface area contributed by atoms with Gasteiger partial charge in [-0.2, -0.15) is 0 Å². The summed E-state index contributed by atoms with van der Waals surface area (Å²) in [5.41, 5.74) is 0. The van der Waals surface area contributed by atoms with Crippen molar-refractivity contribution in [3.8, 4) is 0 Å². The van der Waals surface area contributed by atoms with Crippen LogP contribution in [0.15, 0.2) is 0 Å². The summed E-state index contributed by atoms with van der Waals surface area (Å²) in [4.78, 5) is 2.79. The minimum Gasteiger partial charge on any atom is -0.303 e. The second-order valence-electron chi connectivity index (χ2n) is 9.91. The van der Waals surface area contributed by atoms with Gasteiger partial charge in [-0.05, 0) is 38.9 Å². The quantitative estimate of drug-likeness (QED) is 0.125. The molecule has 0 N–H and O–H groups in total. The maximum Gasteiger partial charge on any atom is -0.00187 e. The summed E-state index contributed by atoms with van der Waals surface area (Å²) in [5, 5.41) is 0. The lowest BCUT2D eigenvalue weighted by atomic mass is 10.0. The predicted molar refractivity (Wildman–Crippen MR) is 140 cm³/mol. The molecule has 0 fully saturated rings. The van der Waals surface area contributed by atoms with Crippen LogP contribution in [0.5, 0.6) is 0 Å². The van der Waals surface area contributed by atoms with E-state index in [0.717, 1.165) is 0 Å². The zero-order chi connectivity index (χ0) is 22.0. The highest BCUT2D eigenvalue weighted by atomic mass is 15.1. The third-order valence-corrected chi connectivity index (χ3v) is 6.73. The topological polar surface area (TPSA) is 3.24 Å². The molecule has 0 aliphatic carbocycles. The first kappa shape index (κ1) is 30.0. The maximum absolute atomic E-state index is 2.79. The number of rotatable bonds is 26. The standard InChI is InChI=1S/C29H61N/c1-4-7-10-13-14-15-16-17-18-19-20-21-22-23-26-29-30(27-24-11-8-5-2)28-25-12-9-6-3/h4-29H2,1-3H3. The Morgan fingerprint density at radius 1 is 0.267 bits per heavy atom. The van der Waals surface area contributed by atoms with E-state index in [-0.39, 0.29) is 0 Å². The van der Waals surface area contributed by atoms with Crippen molar-refractivity contribution in [3.05, 3.63) is 0 Å². The fourth-order valence-electron chi connectivity index (χ4n) is 4.57. The van der Waals surface area contributed by atoms with Gasteiger partial charge in [0, 0.05) is 0 Å². The van der Waals surface area contributed by atoms with Gasteiger partial charge >= 0.3 is 0 Å². The summed E-state index contributed by atoms with van der Waals surface area (Å²) in [6, 6.07) is 0. The van der Waals surface area contributed by atoms with Crippen molar-refractivity contribution >= 4 is 0 Å². The summed E-state index contributed by atoms with van der Waals surface area (Å²) in [5.74, 6) is 0. The van der Waals surface area contributed by atoms with Crippen molar-refractivity contribution in [1.82, 2.24) is 4.90 Å². The van der Waals surface area contributed by atoms with E-state index < -0.39 is 0 Å². The molecule has 30 heavy (non-hydrogen) atoms. The maximum atomic E-state index is 2.79. The molecule has 0 saturated heterocycles. The number of hydrogen-bond acceptors (Lipinski definition) is 1. The van der Waals surface area contributed by atoms with Gasteiger partial charge < -0.3 is 4.90 Å². The average molecular weight is 424 g/mol. The highest BCUT2D eigenvalue weighted by molar-refractivity contribution is 4.60. The largest absolute Gasteiger partial charge is 0.303 e. The Morgan fingerprint density at radius 3 is 0.733 bits per heavy atom. The predicted octanol–water partition coefficient (Wildman–Crippen LogP) is 10.3. The lowest BCUT2D eigenvalue weighted by Gasteiger charge is -2.22. The van der Waals surface area contributed by atoms with Gasteiger partial charge in [-0.1, -0.05) is 149 Å². The molecule has 0 aromatic heterocycles. The van der Waals surface area contributed by atoms with Gasteiger partial charge in [-0.3, -0.25) is 0 Å². The van der Waals surface area contributed by atoms with E-state index in [1.165, 1.54) is 167 Å². The summed E-state index contributed by atoms with van der Waals surface area (Å²) >= 11 is 0. The van der Waals surface area contributed by atoms with E-state index in [2.05, 4.69) is 25.7 Å². The molecule has 0 amide bonds. The Balaban J connectivity index is 3.47. The van der Waals surface area contributed by atoms with Crippen LogP contribution in [0.3, 0.4) is 0 Å². The lowest BCUT2D eigenvalue weighted by molar-refractivity contribution is 0.254. The monoisotopic (exact) mass is 423 g/mol. The van der Waals surface area contributed by atoms with E-state index in [4.69, 9.17) is 0 Å². The highest BCUT2D eigenvalue weighted by Gasteiger charge is 2.04. The third kappa shape index (κ3) is 24.2. The number of unbranched alkanes of at least 4 members (excludes halogenated alkanes) is 20. The van der Waals surface area contributed by atoms with Crippen LogP contribution in [0.2, 0.25) is 0 Å². The van der Waals surface area contributed by atoms with Crippen LogP contribution in [0, 0.1) is 0 Å². The van der Waals surface area contributed by atoms with Crippen molar-refractivity contribution in [3.63, 3.8) is 0 Å². The first-order valence-corrected chi connectivity index (χ1v) is 14.6. The van der Waals surface area contributed by atoms with Crippen LogP contribution in [0.25, 0.3) is 0 Å². The zero-order valence-corrected chi connectivity index (χ0v) is 21.8. The average Bonchev–Trinajstić information content (AvgIpc) is 2.76. The molecule has 0 aromatic carbocycles. The first-order chi connectivity index (χ1) is 14.8. The van der Waals surface area contributed by atoms with Crippen molar-refractivity contribution in [2.75, 3.05) is 19.6 Å². The van der Waals surface area contributed by atoms with E-state index in [0.29, 0.717) is 0 Å². The molecule has 0 heterocycles. The fourth-order valence-corrected chi connectivity index (χ4v) is 4.57. The Hall–Kier alpha value is -0.0400. The van der Waals surface area contributed by atoms with Gasteiger partial charge in [0.15, 0.2) is 0 Å². The number of nitrogens with zero attached hydrogens (tertiary/aromatic N) is 1. The second-order valence-corrected chi connectivity index (χ2v) is 9.91. The molecule has 1 nitrogen and oxygen atoms in total. The van der Waals surface area contributed by atoms with Crippen LogP contribution in [0.4, 0.5) is 0 Å². The summed E-state index contributed by atoms with van der Waals surface area (Å²) in [6.45, 7) is 11.0. The summed E-state index contributed by atoms with van der Waals surface area (Å²) in [7, 11) is 0. The normalized spacial score (nSPS) is 11.6. The van der Waals surface area contributed by atoms with Gasteiger partial charge in [-0.15, -0.1) is 0 Å². The molecule has 0 aromatic rings. The van der Waals surface area contributed by atoms with E-state index in [1.54, 1.807) is 0 Å². The molecule has 0 radical (unpaired) electrons. The molecule has 182 valence electrons. The van der Waals surface area contributed by atoms with E-state index in [9.17, 15) is 0 Å². The Kier molecular flexibility index (Phi) is 27.0. The smallest absolute Gasteiger partial charge is 0.00187 e. The molecule has 0 atom stereocenters. The third-order valence-electron chi connectivity index (χ3n) is 6.73. The van der Waals surface area contributed by atoms with E-state index in [1.807, 2.05) is 0 Å². The summed E-state index contributed by atoms with van der Waals surface area (Å²) < 4.78 is 0. The van der Waals surface area contributed by atoms with Gasteiger partial charge in [0.05, 0.1) is 0 Å². The molecule has 0 unspecified atom stereocenters. The van der Waals surface area contributed by atoms with Gasteiger partial charge in [-0.25, -0.2) is 0 Å².